The van der Waals surface area contributed by atoms with E-state index < -0.39 is 17.5 Å². The molecule has 1 aromatic carbocycles. The SMILES string of the molecule is Cc1nc(-c2ccc(F)c(F)c2Br)nc(N)c1F. The van der Waals surface area contributed by atoms with Crippen molar-refractivity contribution in [3.8, 4) is 11.4 Å². The van der Waals surface area contributed by atoms with Gasteiger partial charge in [-0.1, -0.05) is 0 Å². The standard InChI is InChI=1S/C11H7BrF3N3/c1-4-8(14)10(16)18-11(17-4)5-2-3-6(13)9(15)7(5)12/h2-3H,1H3,(H2,16,17,18). The van der Waals surface area contributed by atoms with Gasteiger partial charge in [0.15, 0.2) is 29.1 Å². The third-order valence-corrected chi connectivity index (χ3v) is 3.09. The summed E-state index contributed by atoms with van der Waals surface area (Å²) in [6, 6.07) is 2.22. The second-order valence-corrected chi connectivity index (χ2v) is 4.35. The van der Waals surface area contributed by atoms with Crippen LogP contribution in [0.2, 0.25) is 0 Å². The molecule has 0 aliphatic heterocycles. The molecular formula is C11H7BrF3N3. The van der Waals surface area contributed by atoms with E-state index in [2.05, 4.69) is 25.9 Å². The van der Waals surface area contributed by atoms with Crippen LogP contribution in [-0.4, -0.2) is 9.97 Å². The summed E-state index contributed by atoms with van der Waals surface area (Å²) in [6.45, 7) is 1.41. The number of anilines is 1. The number of aromatic nitrogens is 2. The molecule has 3 nitrogen and oxygen atoms in total. The van der Waals surface area contributed by atoms with E-state index in [0.29, 0.717) is 0 Å². The lowest BCUT2D eigenvalue weighted by Gasteiger charge is -2.07. The molecular weight excluding hydrogens is 311 g/mol. The van der Waals surface area contributed by atoms with E-state index in [1.807, 2.05) is 0 Å². The second-order valence-electron chi connectivity index (χ2n) is 3.55. The van der Waals surface area contributed by atoms with E-state index in [1.165, 1.54) is 13.0 Å². The molecule has 2 aromatic rings. The Bertz CT molecular complexity index is 608. The Morgan fingerprint density at radius 2 is 1.78 bits per heavy atom. The summed E-state index contributed by atoms with van der Waals surface area (Å²) in [7, 11) is 0. The van der Waals surface area contributed by atoms with E-state index in [-0.39, 0.29) is 27.4 Å². The van der Waals surface area contributed by atoms with E-state index in [1.54, 1.807) is 0 Å². The number of nitrogens with zero attached hydrogens (tertiary/aromatic N) is 2. The minimum absolute atomic E-state index is 0.0252. The number of hydrogen-bond acceptors (Lipinski definition) is 3. The highest BCUT2D eigenvalue weighted by Crippen LogP contribution is 2.30. The van der Waals surface area contributed by atoms with Crippen LogP contribution in [0.5, 0.6) is 0 Å². The van der Waals surface area contributed by atoms with Gasteiger partial charge < -0.3 is 5.73 Å². The molecule has 0 spiro atoms. The topological polar surface area (TPSA) is 51.8 Å². The zero-order valence-corrected chi connectivity index (χ0v) is 10.7. The average Bonchev–Trinajstić information content (AvgIpc) is 2.33. The van der Waals surface area contributed by atoms with Gasteiger partial charge in [-0.2, -0.15) is 0 Å². The number of hydrogen-bond donors (Lipinski definition) is 1. The Kier molecular flexibility index (Phi) is 3.25. The third-order valence-electron chi connectivity index (χ3n) is 2.32. The first-order valence-electron chi connectivity index (χ1n) is 4.85. The van der Waals surface area contributed by atoms with Crippen LogP contribution < -0.4 is 5.73 Å². The molecule has 2 rings (SSSR count). The first-order valence-corrected chi connectivity index (χ1v) is 5.64. The van der Waals surface area contributed by atoms with Crippen LogP contribution in [0.25, 0.3) is 11.4 Å². The molecule has 0 saturated heterocycles. The van der Waals surface area contributed by atoms with Gasteiger partial charge in [-0.25, -0.2) is 23.1 Å². The van der Waals surface area contributed by atoms with Crippen molar-refractivity contribution in [1.82, 2.24) is 9.97 Å². The zero-order chi connectivity index (χ0) is 13.4. The van der Waals surface area contributed by atoms with Crippen molar-refractivity contribution < 1.29 is 13.2 Å². The van der Waals surface area contributed by atoms with Crippen LogP contribution in [0.3, 0.4) is 0 Å². The molecule has 94 valence electrons. The van der Waals surface area contributed by atoms with Crippen molar-refractivity contribution in [2.45, 2.75) is 6.92 Å². The van der Waals surface area contributed by atoms with Crippen LogP contribution in [-0.2, 0) is 0 Å². The van der Waals surface area contributed by atoms with Gasteiger partial charge in [-0.3, -0.25) is 0 Å². The lowest BCUT2D eigenvalue weighted by molar-refractivity contribution is 0.504. The average molecular weight is 318 g/mol. The molecule has 0 amide bonds. The normalized spacial score (nSPS) is 10.7. The summed E-state index contributed by atoms with van der Waals surface area (Å²) < 4.78 is 39.5. The molecule has 0 aliphatic carbocycles. The molecule has 2 N–H and O–H groups in total. The molecule has 0 fully saturated rings. The lowest BCUT2D eigenvalue weighted by Crippen LogP contribution is -2.03. The first-order chi connectivity index (χ1) is 8.41. The monoisotopic (exact) mass is 317 g/mol. The van der Waals surface area contributed by atoms with Gasteiger partial charge in [0.2, 0.25) is 0 Å². The predicted molar refractivity (Wildman–Crippen MR) is 64.2 cm³/mol. The van der Waals surface area contributed by atoms with Crippen LogP contribution in [0, 0.1) is 24.4 Å². The Labute approximate surface area is 109 Å². The van der Waals surface area contributed by atoms with Gasteiger partial charge >= 0.3 is 0 Å². The zero-order valence-electron chi connectivity index (χ0n) is 9.14. The fraction of sp³-hybridized carbons (Fsp3) is 0.0909. The summed E-state index contributed by atoms with van der Waals surface area (Å²) >= 11 is 2.91. The van der Waals surface area contributed by atoms with Crippen molar-refractivity contribution in [2.24, 2.45) is 0 Å². The number of benzene rings is 1. The molecule has 0 unspecified atom stereocenters. The molecule has 18 heavy (non-hydrogen) atoms. The Hall–Kier alpha value is -1.63. The number of nitrogen functional groups attached to an aromatic ring is 1. The molecule has 0 atom stereocenters. The minimum Gasteiger partial charge on any atom is -0.381 e. The smallest absolute Gasteiger partial charge is 0.186 e. The number of halogens is 4. The summed E-state index contributed by atoms with van der Waals surface area (Å²) in [4.78, 5) is 7.56. The van der Waals surface area contributed by atoms with Gasteiger partial charge in [0.05, 0.1) is 10.2 Å². The molecule has 0 bridgehead atoms. The highest BCUT2D eigenvalue weighted by molar-refractivity contribution is 9.10. The van der Waals surface area contributed by atoms with Gasteiger partial charge in [0, 0.05) is 5.56 Å². The van der Waals surface area contributed by atoms with Crippen LogP contribution in [0.1, 0.15) is 5.69 Å². The van der Waals surface area contributed by atoms with Gasteiger partial charge in [-0.05, 0) is 35.0 Å². The van der Waals surface area contributed by atoms with Gasteiger partial charge in [0.1, 0.15) is 0 Å². The number of rotatable bonds is 1. The number of nitrogens with two attached hydrogens (primary N) is 1. The van der Waals surface area contributed by atoms with E-state index >= 15 is 0 Å². The van der Waals surface area contributed by atoms with Crippen LogP contribution >= 0.6 is 15.9 Å². The molecule has 1 heterocycles. The van der Waals surface area contributed by atoms with Crippen molar-refractivity contribution in [3.05, 3.63) is 39.8 Å². The van der Waals surface area contributed by atoms with E-state index in [4.69, 9.17) is 5.73 Å². The van der Waals surface area contributed by atoms with Crippen molar-refractivity contribution in [2.75, 3.05) is 5.73 Å². The number of aryl methyl sites for hydroxylation is 1. The van der Waals surface area contributed by atoms with E-state index in [9.17, 15) is 13.2 Å². The maximum Gasteiger partial charge on any atom is 0.186 e. The summed E-state index contributed by atoms with van der Waals surface area (Å²) in [5, 5.41) is 0. The second kappa shape index (κ2) is 4.56. The van der Waals surface area contributed by atoms with Crippen LogP contribution in [0.4, 0.5) is 19.0 Å². The van der Waals surface area contributed by atoms with Gasteiger partial charge in [-0.15, -0.1) is 0 Å². The molecule has 0 aliphatic rings. The van der Waals surface area contributed by atoms with E-state index in [0.717, 1.165) is 6.07 Å². The fourth-order valence-corrected chi connectivity index (χ4v) is 1.90. The Morgan fingerprint density at radius 3 is 2.39 bits per heavy atom. The van der Waals surface area contributed by atoms with Crippen molar-refractivity contribution in [1.29, 1.82) is 0 Å². The Balaban J connectivity index is 2.67. The summed E-state index contributed by atoms with van der Waals surface area (Å²) in [5.74, 6) is -3.10. The quantitative estimate of drug-likeness (QED) is 0.822. The maximum atomic E-state index is 13.4. The molecule has 1 aromatic heterocycles. The van der Waals surface area contributed by atoms with Crippen molar-refractivity contribution >= 4 is 21.7 Å². The first kappa shape index (κ1) is 12.8. The highest BCUT2D eigenvalue weighted by atomic mass is 79.9. The largest absolute Gasteiger partial charge is 0.381 e. The maximum absolute atomic E-state index is 13.4. The molecule has 0 radical (unpaired) electrons. The van der Waals surface area contributed by atoms with Crippen LogP contribution in [0.15, 0.2) is 16.6 Å². The van der Waals surface area contributed by atoms with Gasteiger partial charge in [0.25, 0.3) is 0 Å². The molecule has 0 saturated carbocycles. The fourth-order valence-electron chi connectivity index (χ4n) is 1.40. The summed E-state index contributed by atoms with van der Waals surface area (Å²) in [6.07, 6.45) is 0. The Morgan fingerprint density at radius 1 is 1.11 bits per heavy atom. The lowest BCUT2D eigenvalue weighted by atomic mass is 10.2. The summed E-state index contributed by atoms with van der Waals surface area (Å²) in [5.41, 5.74) is 5.60. The van der Waals surface area contributed by atoms with Crippen molar-refractivity contribution in [3.63, 3.8) is 0 Å². The third kappa shape index (κ3) is 2.05. The molecule has 7 heteroatoms. The minimum atomic E-state index is -1.06. The highest BCUT2D eigenvalue weighted by Gasteiger charge is 2.16. The predicted octanol–water partition coefficient (Wildman–Crippen LogP) is 3.21.